The zero-order chi connectivity index (χ0) is 10.4. The van der Waals surface area contributed by atoms with Gasteiger partial charge in [0.25, 0.3) is 0 Å². The minimum Gasteiger partial charge on any atom is -0.351 e. The summed E-state index contributed by atoms with van der Waals surface area (Å²) in [5.41, 5.74) is 0. The van der Waals surface area contributed by atoms with E-state index in [4.69, 9.17) is 5.26 Å². The third-order valence-electron chi connectivity index (χ3n) is 2.41. The normalized spacial score (nSPS) is 23.6. The van der Waals surface area contributed by atoms with Gasteiger partial charge >= 0.3 is 0 Å². The van der Waals surface area contributed by atoms with Gasteiger partial charge < -0.3 is 10.6 Å². The van der Waals surface area contributed by atoms with E-state index >= 15 is 0 Å². The maximum absolute atomic E-state index is 11.6. The molecule has 0 saturated carbocycles. The second-order valence-electron chi connectivity index (χ2n) is 3.77. The largest absolute Gasteiger partial charge is 0.351 e. The number of nitriles is 1. The summed E-state index contributed by atoms with van der Waals surface area (Å²) < 4.78 is 0. The molecule has 0 spiro atoms. The second-order valence-corrected chi connectivity index (χ2v) is 3.77. The molecule has 4 heteroatoms. The van der Waals surface area contributed by atoms with Gasteiger partial charge in [0.1, 0.15) is 0 Å². The molecule has 1 rings (SSSR count). The molecule has 2 atom stereocenters. The first-order valence-corrected chi connectivity index (χ1v) is 5.14. The highest BCUT2D eigenvalue weighted by molar-refractivity contribution is 5.82. The zero-order valence-electron chi connectivity index (χ0n) is 8.55. The first-order chi connectivity index (χ1) is 6.74. The molecular formula is C10H17N3O. The molecule has 1 amide bonds. The van der Waals surface area contributed by atoms with Crippen molar-refractivity contribution in [1.29, 1.82) is 5.26 Å². The predicted molar refractivity (Wildman–Crippen MR) is 53.5 cm³/mol. The van der Waals surface area contributed by atoms with E-state index in [2.05, 4.69) is 10.6 Å². The highest BCUT2D eigenvalue weighted by atomic mass is 16.2. The van der Waals surface area contributed by atoms with E-state index in [9.17, 15) is 4.79 Å². The van der Waals surface area contributed by atoms with Gasteiger partial charge in [-0.15, -0.1) is 0 Å². The Balaban J connectivity index is 2.30. The predicted octanol–water partition coefficient (Wildman–Crippen LogP) is 0.547. The van der Waals surface area contributed by atoms with Crippen LogP contribution in [0.25, 0.3) is 0 Å². The molecule has 14 heavy (non-hydrogen) atoms. The summed E-state index contributed by atoms with van der Waals surface area (Å²) in [5, 5.41) is 14.4. The molecule has 2 N–H and O–H groups in total. The summed E-state index contributed by atoms with van der Waals surface area (Å²) in [5.74, 6) is 0.0347. The Hall–Kier alpha value is -1.08. The van der Waals surface area contributed by atoms with Crippen LogP contribution in [-0.4, -0.2) is 24.5 Å². The molecule has 1 saturated heterocycles. The molecule has 0 aromatic rings. The minimum atomic E-state index is -0.0510. The lowest BCUT2D eigenvalue weighted by molar-refractivity contribution is -0.124. The number of hydrogen-bond donors (Lipinski definition) is 2. The molecule has 1 aliphatic rings. The van der Waals surface area contributed by atoms with Crippen molar-refractivity contribution in [3.63, 3.8) is 0 Å². The average molecular weight is 195 g/mol. The van der Waals surface area contributed by atoms with Gasteiger partial charge in [-0.25, -0.2) is 0 Å². The number of hydrogen-bond acceptors (Lipinski definition) is 3. The molecule has 4 nitrogen and oxygen atoms in total. The third kappa shape index (κ3) is 3.35. The van der Waals surface area contributed by atoms with Crippen molar-refractivity contribution < 1.29 is 4.79 Å². The van der Waals surface area contributed by atoms with E-state index in [0.717, 1.165) is 25.8 Å². The van der Waals surface area contributed by atoms with Crippen molar-refractivity contribution in [3.8, 4) is 6.07 Å². The summed E-state index contributed by atoms with van der Waals surface area (Å²) in [6, 6.07) is 1.94. The number of carbonyl (C=O) groups excluding carboxylic acids is 1. The van der Waals surface area contributed by atoms with Gasteiger partial charge in [0.15, 0.2) is 0 Å². The average Bonchev–Trinajstić information content (AvgIpc) is 2.19. The Labute approximate surface area is 84.7 Å². The molecule has 0 aromatic heterocycles. The van der Waals surface area contributed by atoms with Crippen LogP contribution in [0.2, 0.25) is 0 Å². The van der Waals surface area contributed by atoms with E-state index in [1.54, 1.807) is 0 Å². The van der Waals surface area contributed by atoms with Gasteiger partial charge in [0.2, 0.25) is 5.91 Å². The topological polar surface area (TPSA) is 64.9 Å². The summed E-state index contributed by atoms with van der Waals surface area (Å²) in [7, 11) is 0. The van der Waals surface area contributed by atoms with Gasteiger partial charge in [-0.3, -0.25) is 4.79 Å². The fourth-order valence-corrected chi connectivity index (χ4v) is 1.61. The van der Waals surface area contributed by atoms with E-state index in [0.29, 0.717) is 6.42 Å². The van der Waals surface area contributed by atoms with Crippen LogP contribution in [0.1, 0.15) is 32.6 Å². The smallest absolute Gasteiger partial charge is 0.237 e. The first-order valence-electron chi connectivity index (χ1n) is 5.14. The van der Waals surface area contributed by atoms with Crippen molar-refractivity contribution >= 4 is 5.91 Å². The van der Waals surface area contributed by atoms with Gasteiger partial charge in [-0.1, -0.05) is 6.42 Å². The summed E-state index contributed by atoms with van der Waals surface area (Å²) in [6.07, 6.45) is 3.54. The lowest BCUT2D eigenvalue weighted by Gasteiger charge is -2.23. The van der Waals surface area contributed by atoms with Crippen LogP contribution in [0.15, 0.2) is 0 Å². The molecule has 78 valence electrons. The highest BCUT2D eigenvalue weighted by Crippen LogP contribution is 2.07. The standard InChI is InChI=1S/C10H17N3O/c1-8(5-6-11)13-10(14)9-4-2-3-7-12-9/h8-9,12H,2-5,7H2,1H3,(H,13,14)/t8?,9-/m1/s1. The van der Waals surface area contributed by atoms with Gasteiger partial charge in [-0.2, -0.15) is 5.26 Å². The summed E-state index contributed by atoms with van der Waals surface area (Å²) in [4.78, 5) is 11.6. The van der Waals surface area contributed by atoms with Crippen LogP contribution in [0.5, 0.6) is 0 Å². The maximum Gasteiger partial charge on any atom is 0.237 e. The van der Waals surface area contributed by atoms with Crippen molar-refractivity contribution in [1.82, 2.24) is 10.6 Å². The molecule has 1 fully saturated rings. The molecule has 1 aliphatic heterocycles. The Morgan fingerprint density at radius 2 is 2.50 bits per heavy atom. The van der Waals surface area contributed by atoms with E-state index < -0.39 is 0 Å². The van der Waals surface area contributed by atoms with Crippen molar-refractivity contribution in [2.75, 3.05) is 6.54 Å². The molecule has 0 bridgehead atoms. The first kappa shape index (κ1) is 11.0. The minimum absolute atomic E-state index is 0.0347. The highest BCUT2D eigenvalue weighted by Gasteiger charge is 2.21. The van der Waals surface area contributed by atoms with E-state index in [1.165, 1.54) is 0 Å². The maximum atomic E-state index is 11.6. The number of carbonyl (C=O) groups is 1. The number of nitrogens with zero attached hydrogens (tertiary/aromatic N) is 1. The zero-order valence-corrected chi connectivity index (χ0v) is 8.55. The van der Waals surface area contributed by atoms with Gasteiger partial charge in [-0.05, 0) is 26.3 Å². The molecule has 0 aliphatic carbocycles. The second kappa shape index (κ2) is 5.61. The Morgan fingerprint density at radius 3 is 3.07 bits per heavy atom. The third-order valence-corrected chi connectivity index (χ3v) is 2.41. The lowest BCUT2D eigenvalue weighted by Crippen LogP contribution is -2.48. The van der Waals surface area contributed by atoms with Crippen molar-refractivity contribution in [3.05, 3.63) is 0 Å². The van der Waals surface area contributed by atoms with Crippen LogP contribution >= 0.6 is 0 Å². The van der Waals surface area contributed by atoms with Crippen LogP contribution in [0.3, 0.4) is 0 Å². The Kier molecular flexibility index (Phi) is 4.41. The summed E-state index contributed by atoms with van der Waals surface area (Å²) >= 11 is 0. The molecule has 0 aromatic carbocycles. The molecular weight excluding hydrogens is 178 g/mol. The monoisotopic (exact) mass is 195 g/mol. The Morgan fingerprint density at radius 1 is 1.71 bits per heavy atom. The van der Waals surface area contributed by atoms with Crippen molar-refractivity contribution in [2.24, 2.45) is 0 Å². The number of rotatable bonds is 3. The fraction of sp³-hybridized carbons (Fsp3) is 0.800. The van der Waals surface area contributed by atoms with Crippen LogP contribution in [-0.2, 0) is 4.79 Å². The SMILES string of the molecule is CC(CC#N)NC(=O)[C@H]1CCCCN1. The number of piperidine rings is 1. The molecule has 1 unspecified atom stereocenters. The fourth-order valence-electron chi connectivity index (χ4n) is 1.61. The summed E-state index contributed by atoms with van der Waals surface area (Å²) in [6.45, 7) is 2.77. The number of nitrogens with one attached hydrogen (secondary N) is 2. The van der Waals surface area contributed by atoms with Gasteiger partial charge in [0.05, 0.1) is 18.5 Å². The Bertz CT molecular complexity index is 228. The van der Waals surface area contributed by atoms with Crippen LogP contribution < -0.4 is 10.6 Å². The molecule has 1 heterocycles. The quantitative estimate of drug-likeness (QED) is 0.691. The van der Waals surface area contributed by atoms with E-state index in [1.807, 2.05) is 13.0 Å². The van der Waals surface area contributed by atoms with Gasteiger partial charge in [0, 0.05) is 6.04 Å². The number of amides is 1. The van der Waals surface area contributed by atoms with E-state index in [-0.39, 0.29) is 18.0 Å². The van der Waals surface area contributed by atoms with Crippen molar-refractivity contribution in [2.45, 2.75) is 44.7 Å². The molecule has 0 radical (unpaired) electrons. The van der Waals surface area contributed by atoms with Crippen LogP contribution in [0, 0.1) is 11.3 Å². The van der Waals surface area contributed by atoms with Crippen LogP contribution in [0.4, 0.5) is 0 Å². The lowest BCUT2D eigenvalue weighted by atomic mass is 10.0.